The number of amides is 1. The van der Waals surface area contributed by atoms with Gasteiger partial charge in [0, 0.05) is 13.6 Å². The van der Waals surface area contributed by atoms with E-state index >= 15 is 0 Å². The summed E-state index contributed by atoms with van der Waals surface area (Å²) in [6.07, 6.45) is -0.592. The van der Waals surface area contributed by atoms with E-state index in [4.69, 9.17) is 9.47 Å². The van der Waals surface area contributed by atoms with Crippen molar-refractivity contribution >= 4 is 21.8 Å². The molecule has 1 rings (SSSR count). The first-order chi connectivity index (χ1) is 9.03. The van der Waals surface area contributed by atoms with Crippen LogP contribution in [0.4, 0.5) is 0 Å². The number of carbonyl (C=O) groups excluding carboxylic acids is 1. The third kappa shape index (κ3) is 4.11. The number of hydrogen-bond donors (Lipinski definition) is 2. The zero-order valence-electron chi connectivity index (χ0n) is 11.5. The molecule has 0 fully saturated rings. The molecule has 1 atom stereocenters. The van der Waals surface area contributed by atoms with E-state index in [1.54, 1.807) is 21.1 Å². The van der Waals surface area contributed by atoms with Crippen LogP contribution in [0.15, 0.2) is 16.6 Å². The lowest BCUT2D eigenvalue weighted by Crippen LogP contribution is -2.33. The van der Waals surface area contributed by atoms with Crippen molar-refractivity contribution in [2.45, 2.75) is 19.6 Å². The van der Waals surface area contributed by atoms with Gasteiger partial charge in [-0.25, -0.2) is 0 Å². The predicted octanol–water partition coefficient (Wildman–Crippen LogP) is 1.69. The van der Waals surface area contributed by atoms with Crippen LogP contribution in [-0.4, -0.2) is 33.2 Å². The zero-order chi connectivity index (χ0) is 14.4. The van der Waals surface area contributed by atoms with Crippen LogP contribution in [-0.2, 0) is 11.3 Å². The Morgan fingerprint density at radius 1 is 1.42 bits per heavy atom. The fourth-order valence-electron chi connectivity index (χ4n) is 1.63. The Kier molecular flexibility index (Phi) is 6.11. The van der Waals surface area contributed by atoms with Crippen molar-refractivity contribution in [2.75, 3.05) is 21.2 Å². The molecule has 2 N–H and O–H groups in total. The minimum absolute atomic E-state index is 0.187. The number of ether oxygens (including phenoxy) is 2. The molecule has 0 aliphatic rings. The maximum Gasteiger partial charge on any atom is 0.260 e. The molecule has 106 valence electrons. The topological polar surface area (TPSA) is 59.6 Å². The van der Waals surface area contributed by atoms with Gasteiger partial charge in [-0.15, -0.1) is 0 Å². The molecule has 0 heterocycles. The van der Waals surface area contributed by atoms with Gasteiger partial charge in [-0.05, 0) is 47.6 Å². The predicted molar refractivity (Wildman–Crippen MR) is 77.6 cm³/mol. The first-order valence-corrected chi connectivity index (χ1v) is 6.72. The first-order valence-electron chi connectivity index (χ1n) is 5.92. The van der Waals surface area contributed by atoms with E-state index in [0.717, 1.165) is 16.6 Å². The van der Waals surface area contributed by atoms with Crippen molar-refractivity contribution in [3.05, 3.63) is 22.2 Å². The zero-order valence-corrected chi connectivity index (χ0v) is 13.1. The fraction of sp³-hybridized carbons (Fsp3) is 0.462. The van der Waals surface area contributed by atoms with Crippen LogP contribution >= 0.6 is 15.9 Å². The molecule has 1 unspecified atom stereocenters. The first kappa shape index (κ1) is 15.8. The van der Waals surface area contributed by atoms with Crippen molar-refractivity contribution in [3.8, 4) is 11.5 Å². The van der Waals surface area contributed by atoms with Gasteiger partial charge in [-0.3, -0.25) is 4.79 Å². The molecule has 1 aromatic carbocycles. The molecule has 19 heavy (non-hydrogen) atoms. The summed E-state index contributed by atoms with van der Waals surface area (Å²) in [6.45, 7) is 2.41. The summed E-state index contributed by atoms with van der Waals surface area (Å²) in [7, 11) is 5.02. The van der Waals surface area contributed by atoms with Crippen molar-refractivity contribution in [2.24, 2.45) is 0 Å². The molecule has 6 heteroatoms. The smallest absolute Gasteiger partial charge is 0.260 e. The Labute approximate surface area is 121 Å². The SMILES string of the molecule is CNCc1cc(Br)c(OC(C)C(=O)NC)c(OC)c1. The molecule has 0 aliphatic carbocycles. The molecule has 1 aromatic rings. The second kappa shape index (κ2) is 7.35. The van der Waals surface area contributed by atoms with Gasteiger partial charge in [0.1, 0.15) is 0 Å². The van der Waals surface area contributed by atoms with Crippen molar-refractivity contribution in [1.29, 1.82) is 0 Å². The lowest BCUT2D eigenvalue weighted by molar-refractivity contribution is -0.126. The lowest BCUT2D eigenvalue weighted by atomic mass is 10.2. The molecular weight excluding hydrogens is 312 g/mol. The van der Waals surface area contributed by atoms with Gasteiger partial charge in [0.15, 0.2) is 17.6 Å². The molecular formula is C13H19BrN2O3. The highest BCUT2D eigenvalue weighted by Gasteiger charge is 2.18. The maximum atomic E-state index is 11.5. The standard InChI is InChI=1S/C13H19BrN2O3/c1-8(13(17)16-3)19-12-10(14)5-9(7-15-2)6-11(12)18-4/h5-6,8,15H,7H2,1-4H3,(H,16,17). The highest BCUT2D eigenvalue weighted by Crippen LogP contribution is 2.37. The minimum Gasteiger partial charge on any atom is -0.493 e. The van der Waals surface area contributed by atoms with E-state index < -0.39 is 6.10 Å². The average molecular weight is 331 g/mol. The quantitative estimate of drug-likeness (QED) is 0.833. The number of carbonyl (C=O) groups is 1. The van der Waals surface area contributed by atoms with Crippen molar-refractivity contribution < 1.29 is 14.3 Å². The van der Waals surface area contributed by atoms with Crippen LogP contribution in [0.5, 0.6) is 11.5 Å². The molecule has 0 radical (unpaired) electrons. The summed E-state index contributed by atoms with van der Waals surface area (Å²) < 4.78 is 11.7. The summed E-state index contributed by atoms with van der Waals surface area (Å²) in [5.74, 6) is 0.932. The molecule has 0 saturated heterocycles. The van der Waals surface area contributed by atoms with Crippen LogP contribution in [0.2, 0.25) is 0 Å². The largest absolute Gasteiger partial charge is 0.493 e. The average Bonchev–Trinajstić information content (AvgIpc) is 2.40. The number of benzene rings is 1. The van der Waals surface area contributed by atoms with Gasteiger partial charge in [-0.2, -0.15) is 0 Å². The maximum absolute atomic E-state index is 11.5. The second-order valence-electron chi connectivity index (χ2n) is 4.01. The number of methoxy groups -OCH3 is 1. The summed E-state index contributed by atoms with van der Waals surface area (Å²) in [4.78, 5) is 11.5. The van der Waals surface area contributed by atoms with Gasteiger partial charge < -0.3 is 20.1 Å². The second-order valence-corrected chi connectivity index (χ2v) is 4.87. The van der Waals surface area contributed by atoms with Gasteiger partial charge in [-0.1, -0.05) is 0 Å². The molecule has 0 spiro atoms. The third-order valence-electron chi connectivity index (χ3n) is 2.58. The Balaban J connectivity index is 3.02. The summed E-state index contributed by atoms with van der Waals surface area (Å²) in [5, 5.41) is 5.61. The molecule has 0 saturated carbocycles. The number of rotatable bonds is 6. The highest BCUT2D eigenvalue weighted by atomic mass is 79.9. The Hall–Kier alpha value is -1.27. The van der Waals surface area contributed by atoms with Gasteiger partial charge in [0.25, 0.3) is 5.91 Å². The molecule has 0 aliphatic heterocycles. The number of halogens is 1. The van der Waals surface area contributed by atoms with E-state index in [0.29, 0.717) is 11.5 Å². The lowest BCUT2D eigenvalue weighted by Gasteiger charge is -2.18. The molecule has 1 amide bonds. The number of likely N-dealkylation sites (N-methyl/N-ethyl adjacent to an activating group) is 1. The number of hydrogen-bond acceptors (Lipinski definition) is 4. The van der Waals surface area contributed by atoms with Crippen LogP contribution in [0.3, 0.4) is 0 Å². The minimum atomic E-state index is -0.592. The summed E-state index contributed by atoms with van der Waals surface area (Å²) in [6, 6.07) is 3.82. The van der Waals surface area contributed by atoms with Crippen molar-refractivity contribution in [1.82, 2.24) is 10.6 Å². The summed E-state index contributed by atoms with van der Waals surface area (Å²) in [5.41, 5.74) is 1.06. The molecule has 0 aromatic heterocycles. The highest BCUT2D eigenvalue weighted by molar-refractivity contribution is 9.10. The normalized spacial score (nSPS) is 11.8. The van der Waals surface area contributed by atoms with Crippen LogP contribution in [0, 0.1) is 0 Å². The molecule has 5 nitrogen and oxygen atoms in total. The van der Waals surface area contributed by atoms with E-state index in [1.807, 2.05) is 19.2 Å². The van der Waals surface area contributed by atoms with Crippen LogP contribution in [0.1, 0.15) is 12.5 Å². The number of nitrogens with one attached hydrogen (secondary N) is 2. The van der Waals surface area contributed by atoms with Crippen LogP contribution in [0.25, 0.3) is 0 Å². The van der Waals surface area contributed by atoms with E-state index in [-0.39, 0.29) is 5.91 Å². The van der Waals surface area contributed by atoms with Gasteiger partial charge in [0.05, 0.1) is 11.6 Å². The monoisotopic (exact) mass is 330 g/mol. The van der Waals surface area contributed by atoms with Crippen molar-refractivity contribution in [3.63, 3.8) is 0 Å². The molecule has 0 bridgehead atoms. The fourth-order valence-corrected chi connectivity index (χ4v) is 2.21. The Bertz CT molecular complexity index is 452. The van der Waals surface area contributed by atoms with E-state index in [9.17, 15) is 4.79 Å². The Morgan fingerprint density at radius 3 is 2.63 bits per heavy atom. The van der Waals surface area contributed by atoms with Crippen LogP contribution < -0.4 is 20.1 Å². The van der Waals surface area contributed by atoms with Gasteiger partial charge >= 0.3 is 0 Å². The van der Waals surface area contributed by atoms with Gasteiger partial charge in [0.2, 0.25) is 0 Å². The van der Waals surface area contributed by atoms with E-state index in [1.165, 1.54) is 0 Å². The van der Waals surface area contributed by atoms with E-state index in [2.05, 4.69) is 26.6 Å². The Morgan fingerprint density at radius 2 is 2.11 bits per heavy atom. The third-order valence-corrected chi connectivity index (χ3v) is 3.17. The summed E-state index contributed by atoms with van der Waals surface area (Å²) >= 11 is 3.44.